The van der Waals surface area contributed by atoms with Crippen LogP contribution in [0.5, 0.6) is 0 Å². The first-order chi connectivity index (χ1) is 10.3. The summed E-state index contributed by atoms with van der Waals surface area (Å²) in [7, 11) is 3.83. The van der Waals surface area contributed by atoms with Gasteiger partial charge in [-0.05, 0) is 25.0 Å². The number of nitrogens with zero attached hydrogens (tertiary/aromatic N) is 3. The highest BCUT2D eigenvalue weighted by Crippen LogP contribution is 2.35. The van der Waals surface area contributed by atoms with Crippen LogP contribution in [0.25, 0.3) is 22.1 Å². The number of benzene rings is 1. The Morgan fingerprint density at radius 3 is 2.86 bits per heavy atom. The molecular weight excluding hydrogens is 266 g/mol. The zero-order chi connectivity index (χ0) is 14.4. The van der Waals surface area contributed by atoms with Crippen molar-refractivity contribution in [1.29, 1.82) is 0 Å². The quantitative estimate of drug-likeness (QED) is 0.739. The van der Waals surface area contributed by atoms with Crippen LogP contribution in [0.15, 0.2) is 35.0 Å². The molecule has 2 heterocycles. The van der Waals surface area contributed by atoms with Gasteiger partial charge in [-0.1, -0.05) is 12.1 Å². The van der Waals surface area contributed by atoms with Crippen molar-refractivity contribution in [3.8, 4) is 0 Å². The minimum absolute atomic E-state index is 0.366. The van der Waals surface area contributed by atoms with Gasteiger partial charge < -0.3 is 14.1 Å². The van der Waals surface area contributed by atoms with Crippen LogP contribution in [-0.4, -0.2) is 36.3 Å². The van der Waals surface area contributed by atoms with E-state index in [0.29, 0.717) is 12.1 Å². The van der Waals surface area contributed by atoms with Crippen molar-refractivity contribution in [1.82, 2.24) is 9.97 Å². The molecule has 5 nitrogen and oxygen atoms in total. The summed E-state index contributed by atoms with van der Waals surface area (Å²) in [6.45, 7) is 0. The van der Waals surface area contributed by atoms with Gasteiger partial charge in [-0.15, -0.1) is 0 Å². The van der Waals surface area contributed by atoms with Crippen LogP contribution in [0, 0.1) is 0 Å². The summed E-state index contributed by atoms with van der Waals surface area (Å²) < 4.78 is 11.3. The third kappa shape index (κ3) is 1.88. The van der Waals surface area contributed by atoms with Crippen LogP contribution >= 0.6 is 0 Å². The molecule has 0 radical (unpaired) electrons. The number of hydrogen-bond donors (Lipinski definition) is 0. The average molecular weight is 283 g/mol. The number of fused-ring (bicyclic) bond motifs is 3. The molecule has 0 unspecified atom stereocenters. The lowest BCUT2D eigenvalue weighted by molar-refractivity contribution is 0.0265. The maximum absolute atomic E-state index is 5.98. The molecule has 1 saturated carbocycles. The number of anilines is 1. The van der Waals surface area contributed by atoms with E-state index in [1.54, 1.807) is 13.4 Å². The zero-order valence-electron chi connectivity index (χ0n) is 12.1. The second kappa shape index (κ2) is 4.70. The van der Waals surface area contributed by atoms with Crippen LogP contribution in [0.4, 0.5) is 5.82 Å². The first-order valence-corrected chi connectivity index (χ1v) is 7.16. The summed E-state index contributed by atoms with van der Waals surface area (Å²) >= 11 is 0. The minimum atomic E-state index is 0.366. The molecule has 21 heavy (non-hydrogen) atoms. The topological polar surface area (TPSA) is 51.4 Å². The van der Waals surface area contributed by atoms with Crippen molar-refractivity contribution >= 4 is 27.9 Å². The fourth-order valence-corrected chi connectivity index (χ4v) is 2.98. The standard InChI is InChI=1S/C16H17N3O2/c1-19(10-7-11(8-10)20-2)16-15-14(17-9-18-16)12-5-3-4-6-13(12)21-15/h3-6,9-11H,7-8H2,1-2H3. The number of methoxy groups -OCH3 is 1. The molecule has 1 aliphatic rings. The lowest BCUT2D eigenvalue weighted by atomic mass is 9.88. The van der Waals surface area contributed by atoms with Crippen LogP contribution < -0.4 is 4.90 Å². The Labute approximate surface area is 122 Å². The first-order valence-electron chi connectivity index (χ1n) is 7.16. The fraction of sp³-hybridized carbons (Fsp3) is 0.375. The Morgan fingerprint density at radius 2 is 2.05 bits per heavy atom. The predicted molar refractivity (Wildman–Crippen MR) is 81.5 cm³/mol. The lowest BCUT2D eigenvalue weighted by Crippen LogP contribution is -2.46. The van der Waals surface area contributed by atoms with E-state index in [1.807, 2.05) is 24.3 Å². The summed E-state index contributed by atoms with van der Waals surface area (Å²) in [5, 5.41) is 1.04. The Kier molecular flexibility index (Phi) is 2.82. The summed E-state index contributed by atoms with van der Waals surface area (Å²) in [6, 6.07) is 8.41. The van der Waals surface area contributed by atoms with Crippen LogP contribution in [-0.2, 0) is 4.74 Å². The van der Waals surface area contributed by atoms with E-state index in [0.717, 1.165) is 40.7 Å². The number of ether oxygens (including phenoxy) is 1. The number of aromatic nitrogens is 2. The summed E-state index contributed by atoms with van der Waals surface area (Å²) in [5.74, 6) is 0.857. The smallest absolute Gasteiger partial charge is 0.196 e. The van der Waals surface area contributed by atoms with Gasteiger partial charge in [-0.3, -0.25) is 0 Å². The first kappa shape index (κ1) is 12.6. The molecular formula is C16H17N3O2. The molecule has 0 bridgehead atoms. The van der Waals surface area contributed by atoms with E-state index in [1.165, 1.54) is 0 Å². The van der Waals surface area contributed by atoms with Gasteiger partial charge in [-0.25, -0.2) is 9.97 Å². The zero-order valence-corrected chi connectivity index (χ0v) is 12.1. The van der Waals surface area contributed by atoms with Crippen molar-refractivity contribution in [2.24, 2.45) is 0 Å². The molecule has 1 fully saturated rings. The third-order valence-electron chi connectivity index (χ3n) is 4.42. The fourth-order valence-electron chi connectivity index (χ4n) is 2.98. The molecule has 1 aromatic carbocycles. The monoisotopic (exact) mass is 283 g/mol. The Morgan fingerprint density at radius 1 is 1.24 bits per heavy atom. The average Bonchev–Trinajstić information content (AvgIpc) is 2.84. The highest BCUT2D eigenvalue weighted by Gasteiger charge is 2.33. The Balaban J connectivity index is 1.78. The van der Waals surface area contributed by atoms with E-state index in [-0.39, 0.29) is 0 Å². The molecule has 0 atom stereocenters. The third-order valence-corrected chi connectivity index (χ3v) is 4.42. The maximum atomic E-state index is 5.98. The SMILES string of the molecule is COC1CC(N(C)c2ncnc3c2oc2ccccc23)C1. The van der Waals surface area contributed by atoms with Gasteiger partial charge in [0, 0.05) is 25.6 Å². The predicted octanol–water partition coefficient (Wildman–Crippen LogP) is 2.99. The van der Waals surface area contributed by atoms with Gasteiger partial charge in [0.25, 0.3) is 0 Å². The van der Waals surface area contributed by atoms with E-state index in [4.69, 9.17) is 9.15 Å². The molecule has 0 amide bonds. The largest absolute Gasteiger partial charge is 0.450 e. The van der Waals surface area contributed by atoms with Crippen molar-refractivity contribution in [3.05, 3.63) is 30.6 Å². The highest BCUT2D eigenvalue weighted by molar-refractivity contribution is 6.05. The van der Waals surface area contributed by atoms with Crippen LogP contribution in [0.3, 0.4) is 0 Å². The molecule has 0 aliphatic heterocycles. The van der Waals surface area contributed by atoms with Crippen LogP contribution in [0.2, 0.25) is 0 Å². The summed E-state index contributed by atoms with van der Waals surface area (Å²) in [4.78, 5) is 11.0. The van der Waals surface area contributed by atoms with Crippen molar-refractivity contribution < 1.29 is 9.15 Å². The van der Waals surface area contributed by atoms with E-state index >= 15 is 0 Å². The highest BCUT2D eigenvalue weighted by atomic mass is 16.5. The molecule has 1 aliphatic carbocycles. The molecule has 0 saturated heterocycles. The Hall–Kier alpha value is -2.14. The van der Waals surface area contributed by atoms with Gasteiger partial charge >= 0.3 is 0 Å². The molecule has 5 heteroatoms. The molecule has 0 N–H and O–H groups in total. The van der Waals surface area contributed by atoms with Gasteiger partial charge in [0.1, 0.15) is 17.4 Å². The number of hydrogen-bond acceptors (Lipinski definition) is 5. The van der Waals surface area contributed by atoms with Crippen molar-refractivity contribution in [3.63, 3.8) is 0 Å². The van der Waals surface area contributed by atoms with Gasteiger partial charge in [0.05, 0.1) is 6.10 Å². The van der Waals surface area contributed by atoms with Gasteiger partial charge in [0.2, 0.25) is 0 Å². The lowest BCUT2D eigenvalue weighted by Gasteiger charge is -2.40. The maximum Gasteiger partial charge on any atom is 0.196 e. The van der Waals surface area contributed by atoms with Crippen molar-refractivity contribution in [2.45, 2.75) is 25.0 Å². The number of rotatable bonds is 3. The van der Waals surface area contributed by atoms with Crippen LogP contribution in [0.1, 0.15) is 12.8 Å². The second-order valence-corrected chi connectivity index (χ2v) is 5.57. The number of furan rings is 1. The molecule has 108 valence electrons. The molecule has 3 aromatic rings. The van der Waals surface area contributed by atoms with Crippen molar-refractivity contribution in [2.75, 3.05) is 19.1 Å². The van der Waals surface area contributed by atoms with E-state index in [2.05, 4.69) is 21.9 Å². The Bertz CT molecular complexity index is 792. The van der Waals surface area contributed by atoms with Gasteiger partial charge in [0.15, 0.2) is 11.4 Å². The molecule has 4 rings (SSSR count). The normalized spacial score (nSPS) is 21.6. The molecule has 2 aromatic heterocycles. The second-order valence-electron chi connectivity index (χ2n) is 5.57. The van der Waals surface area contributed by atoms with E-state index in [9.17, 15) is 0 Å². The number of para-hydroxylation sites is 1. The molecule has 0 spiro atoms. The summed E-state index contributed by atoms with van der Waals surface area (Å²) in [5.41, 5.74) is 2.50. The van der Waals surface area contributed by atoms with Gasteiger partial charge in [-0.2, -0.15) is 0 Å². The van der Waals surface area contributed by atoms with E-state index < -0.39 is 0 Å². The minimum Gasteiger partial charge on any atom is -0.450 e. The summed E-state index contributed by atoms with van der Waals surface area (Å²) in [6.07, 6.45) is 4.03.